The van der Waals surface area contributed by atoms with Crippen LogP contribution in [-0.2, 0) is 14.3 Å². The molecule has 0 spiro atoms. The summed E-state index contributed by atoms with van der Waals surface area (Å²) < 4.78 is 6.16. The highest BCUT2D eigenvalue weighted by Gasteiger charge is 2.46. The second kappa shape index (κ2) is 13.4. The zero-order valence-corrected chi connectivity index (χ0v) is 22.1. The highest BCUT2D eigenvalue weighted by Crippen LogP contribution is 2.44. The Balaban J connectivity index is 0.00000216. The number of rotatable bonds is 10. The van der Waals surface area contributed by atoms with Crippen molar-refractivity contribution in [1.29, 1.82) is 5.41 Å². The third-order valence-corrected chi connectivity index (χ3v) is 8.48. The van der Waals surface area contributed by atoms with Crippen molar-refractivity contribution in [3.05, 3.63) is 0 Å². The molecule has 4 aliphatic rings. The zero-order chi connectivity index (χ0) is 23.4. The van der Waals surface area contributed by atoms with Crippen LogP contribution in [-0.4, -0.2) is 77.7 Å². The molecule has 6 N–H and O–H groups in total. The number of aliphatic carboxylic acids is 1. The second-order valence-corrected chi connectivity index (χ2v) is 10.6. The third-order valence-electron chi connectivity index (χ3n) is 8.48. The molecule has 2 heterocycles. The highest BCUT2D eigenvalue weighted by atomic mass is 35.5. The Morgan fingerprint density at radius 1 is 1.17 bits per heavy atom. The molecule has 2 bridgehead atoms. The Morgan fingerprint density at radius 3 is 2.46 bits per heavy atom. The first-order valence-electron chi connectivity index (χ1n) is 12.8. The fourth-order valence-electron chi connectivity index (χ4n) is 6.62. The summed E-state index contributed by atoms with van der Waals surface area (Å²) in [6, 6.07) is -0.392. The highest BCUT2D eigenvalue weighted by molar-refractivity contribution is 5.95. The lowest BCUT2D eigenvalue weighted by Gasteiger charge is -2.41. The van der Waals surface area contributed by atoms with Crippen LogP contribution in [0.2, 0.25) is 0 Å². The number of hydrogen-bond donors (Lipinski definition) is 5. The fourth-order valence-corrected chi connectivity index (χ4v) is 6.62. The largest absolute Gasteiger partial charge is 0.481 e. The van der Waals surface area contributed by atoms with Crippen LogP contribution in [0.1, 0.15) is 70.6 Å². The molecule has 0 radical (unpaired) electrons. The van der Waals surface area contributed by atoms with Crippen LogP contribution in [0.3, 0.4) is 0 Å². The monoisotopic (exact) mass is 535 g/mol. The lowest BCUT2D eigenvalue weighted by molar-refractivity contribution is -0.141. The van der Waals surface area contributed by atoms with Gasteiger partial charge in [-0.25, -0.2) is 0 Å². The maximum atomic E-state index is 13.9. The fraction of sp³-hybridized carbons (Fsp3) is 0.875. The number of fused-ring (bicyclic) bond motifs is 2. The van der Waals surface area contributed by atoms with Crippen molar-refractivity contribution in [3.8, 4) is 0 Å². The molecule has 2 aliphatic heterocycles. The van der Waals surface area contributed by atoms with E-state index in [-0.39, 0.29) is 55.1 Å². The van der Waals surface area contributed by atoms with Crippen LogP contribution in [0.4, 0.5) is 0 Å². The van der Waals surface area contributed by atoms with Crippen molar-refractivity contribution in [3.63, 3.8) is 0 Å². The summed E-state index contributed by atoms with van der Waals surface area (Å²) in [5, 5.41) is 24.1. The molecule has 0 aromatic rings. The van der Waals surface area contributed by atoms with E-state index in [9.17, 15) is 14.7 Å². The minimum Gasteiger partial charge on any atom is -0.481 e. The first-order valence-corrected chi connectivity index (χ1v) is 12.8. The van der Waals surface area contributed by atoms with E-state index in [4.69, 9.17) is 15.9 Å². The first-order chi connectivity index (χ1) is 15.9. The number of ketones is 1. The molecule has 5 atom stereocenters. The summed E-state index contributed by atoms with van der Waals surface area (Å²) in [4.78, 5) is 27.4. The van der Waals surface area contributed by atoms with Crippen LogP contribution in [0.5, 0.6) is 0 Å². The van der Waals surface area contributed by atoms with E-state index in [0.29, 0.717) is 18.9 Å². The number of guanidine groups is 1. The molecule has 2 saturated heterocycles. The molecule has 202 valence electrons. The van der Waals surface area contributed by atoms with Crippen LogP contribution < -0.4 is 16.4 Å². The predicted molar refractivity (Wildman–Crippen MR) is 140 cm³/mol. The zero-order valence-electron chi connectivity index (χ0n) is 20.5. The van der Waals surface area contributed by atoms with E-state index in [1.807, 2.05) is 4.90 Å². The maximum Gasteiger partial charge on any atom is 0.305 e. The van der Waals surface area contributed by atoms with E-state index >= 15 is 0 Å². The Hall–Kier alpha value is -1.13. The smallest absolute Gasteiger partial charge is 0.305 e. The number of nitrogens with two attached hydrogens (primary N) is 1. The van der Waals surface area contributed by atoms with Gasteiger partial charge in [0.25, 0.3) is 0 Å². The minimum atomic E-state index is -0.927. The van der Waals surface area contributed by atoms with Crippen LogP contribution in [0, 0.1) is 17.2 Å². The van der Waals surface area contributed by atoms with Crippen molar-refractivity contribution < 1.29 is 19.4 Å². The van der Waals surface area contributed by atoms with Gasteiger partial charge in [-0.15, -0.1) is 24.8 Å². The average Bonchev–Trinajstić information content (AvgIpc) is 3.42. The van der Waals surface area contributed by atoms with Gasteiger partial charge in [-0.05, 0) is 76.2 Å². The Kier molecular flexibility index (Phi) is 11.5. The van der Waals surface area contributed by atoms with Crippen LogP contribution in [0.15, 0.2) is 0 Å². The number of ether oxygens (including phenoxy) is 1. The van der Waals surface area contributed by atoms with E-state index in [0.717, 1.165) is 64.1 Å². The SMILES string of the molecule is Cl.Cl.N=C(N)N1CCC(OCCC2(C(=O)[C@H](CC(=O)O)NC3CC4CCC3C4)CCCCN2)CC1. The molecule has 4 fully saturated rings. The molecule has 2 aliphatic carbocycles. The number of nitrogens with one attached hydrogen (secondary N) is 3. The van der Waals surface area contributed by atoms with Gasteiger partial charge in [-0.3, -0.25) is 15.0 Å². The van der Waals surface area contributed by atoms with E-state index < -0.39 is 17.6 Å². The molecule has 0 aromatic heterocycles. The quantitative estimate of drug-likeness (QED) is 0.212. The number of hydrogen-bond acceptors (Lipinski definition) is 6. The lowest BCUT2D eigenvalue weighted by atomic mass is 9.78. The Morgan fingerprint density at radius 2 is 1.91 bits per heavy atom. The maximum absolute atomic E-state index is 13.9. The van der Waals surface area contributed by atoms with Crippen molar-refractivity contribution in [1.82, 2.24) is 15.5 Å². The van der Waals surface area contributed by atoms with Crippen molar-refractivity contribution in [2.45, 2.75) is 94.4 Å². The van der Waals surface area contributed by atoms with Crippen molar-refractivity contribution in [2.24, 2.45) is 17.6 Å². The van der Waals surface area contributed by atoms with E-state index in [1.165, 1.54) is 19.3 Å². The summed E-state index contributed by atoms with van der Waals surface area (Å²) in [5.74, 6) is 0.499. The number of carbonyl (C=O) groups is 2. The minimum absolute atomic E-state index is 0. The van der Waals surface area contributed by atoms with Gasteiger partial charge in [0, 0.05) is 25.7 Å². The van der Waals surface area contributed by atoms with Gasteiger partial charge < -0.3 is 31.1 Å². The van der Waals surface area contributed by atoms with Gasteiger partial charge in [0.1, 0.15) is 0 Å². The average molecular weight is 537 g/mol. The van der Waals surface area contributed by atoms with Crippen molar-refractivity contribution in [2.75, 3.05) is 26.2 Å². The summed E-state index contributed by atoms with van der Waals surface area (Å²) >= 11 is 0. The first kappa shape index (κ1) is 30.1. The Labute approximate surface area is 221 Å². The predicted octanol–water partition coefficient (Wildman–Crippen LogP) is 2.30. The van der Waals surface area contributed by atoms with Gasteiger partial charge in [-0.1, -0.05) is 6.42 Å². The summed E-state index contributed by atoms with van der Waals surface area (Å²) in [6.45, 7) is 2.68. The van der Waals surface area contributed by atoms with Crippen molar-refractivity contribution >= 4 is 42.5 Å². The van der Waals surface area contributed by atoms with Crippen LogP contribution in [0.25, 0.3) is 0 Å². The van der Waals surface area contributed by atoms with Gasteiger partial charge in [0.15, 0.2) is 11.7 Å². The molecule has 0 amide bonds. The summed E-state index contributed by atoms with van der Waals surface area (Å²) in [5.41, 5.74) is 4.86. The summed E-state index contributed by atoms with van der Waals surface area (Å²) in [6.07, 6.45) is 9.61. The molecular formula is C24H43Cl2N5O4. The molecule has 35 heavy (non-hydrogen) atoms. The number of nitrogens with zero attached hydrogens (tertiary/aromatic N) is 1. The molecule has 11 heteroatoms. The number of carboxylic acids is 1. The third kappa shape index (κ3) is 7.44. The molecule has 4 rings (SSSR count). The molecule has 9 nitrogen and oxygen atoms in total. The number of carbonyl (C=O) groups excluding carboxylic acids is 1. The second-order valence-electron chi connectivity index (χ2n) is 10.6. The normalized spacial score (nSPS) is 31.3. The van der Waals surface area contributed by atoms with Crippen LogP contribution >= 0.6 is 24.8 Å². The molecule has 4 unspecified atom stereocenters. The summed E-state index contributed by atoms with van der Waals surface area (Å²) in [7, 11) is 0. The lowest BCUT2D eigenvalue weighted by Crippen LogP contribution is -2.62. The topological polar surface area (TPSA) is 141 Å². The number of piperidine rings is 2. The van der Waals surface area contributed by atoms with E-state index in [2.05, 4.69) is 10.6 Å². The molecule has 0 aromatic carbocycles. The van der Waals surface area contributed by atoms with Gasteiger partial charge in [0.05, 0.1) is 24.1 Å². The number of Topliss-reactive ketones (excluding diaryl/α,β-unsaturated/α-hetero) is 1. The number of halogens is 2. The molecular weight excluding hydrogens is 493 g/mol. The van der Waals surface area contributed by atoms with Gasteiger partial charge in [-0.2, -0.15) is 0 Å². The van der Waals surface area contributed by atoms with Gasteiger partial charge >= 0.3 is 5.97 Å². The Bertz CT molecular complexity index is 729. The number of likely N-dealkylation sites (tertiary alicyclic amines) is 1. The molecule has 2 saturated carbocycles. The van der Waals surface area contributed by atoms with E-state index in [1.54, 1.807) is 0 Å². The standard InChI is InChI=1S/C24H41N5O4.2ClH/c25-23(26)29-10-5-18(6-11-29)33-12-8-24(7-1-2-9-27-24)22(32)20(15-21(30)31)28-19-14-16-3-4-17(19)13-16;;/h16-20,27-28H,1-15H2,(H3,25,26)(H,30,31);2*1H/t16?,17?,19?,20-,24?;;/m0../s1. The van der Waals surface area contributed by atoms with Gasteiger partial charge in [0.2, 0.25) is 0 Å². The number of carboxylic acid groups (broad SMARTS) is 1.